The monoisotopic (exact) mass is 354 g/mol. The maximum Gasteiger partial charge on any atom is 0.255 e. The van der Waals surface area contributed by atoms with Crippen LogP contribution in [0.1, 0.15) is 16.1 Å². The molecule has 1 amide bonds. The van der Waals surface area contributed by atoms with Gasteiger partial charge in [-0.25, -0.2) is 4.98 Å². The lowest BCUT2D eigenvalue weighted by molar-refractivity contribution is 0.0947. The van der Waals surface area contributed by atoms with E-state index < -0.39 is 0 Å². The molecule has 0 aliphatic rings. The maximum atomic E-state index is 12.5. The average Bonchev–Trinajstić information content (AvgIpc) is 3.15. The third-order valence-corrected chi connectivity index (χ3v) is 4.59. The Bertz CT molecular complexity index is 862. The van der Waals surface area contributed by atoms with Crippen LogP contribution in [0.3, 0.4) is 0 Å². The lowest BCUT2D eigenvalue weighted by Crippen LogP contribution is -2.23. The lowest BCUT2D eigenvalue weighted by Gasteiger charge is -2.12. The Morgan fingerprint density at radius 3 is 2.60 bits per heavy atom. The molecule has 0 aliphatic carbocycles. The van der Waals surface area contributed by atoms with Crippen molar-refractivity contribution in [2.75, 3.05) is 14.2 Å². The molecular formula is C19H18N2O3S. The topological polar surface area (TPSA) is 60.5 Å². The number of hydrogen-bond donors (Lipinski definition) is 1. The van der Waals surface area contributed by atoms with Crippen molar-refractivity contribution in [1.29, 1.82) is 0 Å². The zero-order valence-corrected chi connectivity index (χ0v) is 14.8. The van der Waals surface area contributed by atoms with Gasteiger partial charge in [-0.15, -0.1) is 11.3 Å². The van der Waals surface area contributed by atoms with Gasteiger partial charge in [-0.05, 0) is 12.1 Å². The van der Waals surface area contributed by atoms with Gasteiger partial charge < -0.3 is 14.8 Å². The number of benzene rings is 2. The summed E-state index contributed by atoms with van der Waals surface area (Å²) in [4.78, 5) is 17.0. The standard InChI is InChI=1S/C19H18N2O3S/c1-23-16-10-6-9-15(17(16)24-2)18(22)20-11-14-12-25-19(21-14)13-7-4-3-5-8-13/h3-10,12H,11H2,1-2H3,(H,20,22). The number of nitrogens with zero attached hydrogens (tertiary/aromatic N) is 1. The molecule has 0 aliphatic heterocycles. The largest absolute Gasteiger partial charge is 0.493 e. The van der Waals surface area contributed by atoms with Crippen LogP contribution in [0.4, 0.5) is 0 Å². The molecule has 0 saturated heterocycles. The zero-order valence-electron chi connectivity index (χ0n) is 14.0. The Hall–Kier alpha value is -2.86. The molecule has 0 saturated carbocycles. The van der Waals surface area contributed by atoms with Gasteiger partial charge in [-0.2, -0.15) is 0 Å². The number of rotatable bonds is 6. The van der Waals surface area contributed by atoms with E-state index in [0.717, 1.165) is 16.3 Å². The van der Waals surface area contributed by atoms with Crippen LogP contribution in [0, 0.1) is 0 Å². The second kappa shape index (κ2) is 7.81. The minimum atomic E-state index is -0.231. The van der Waals surface area contributed by atoms with Crippen molar-refractivity contribution in [2.24, 2.45) is 0 Å². The van der Waals surface area contributed by atoms with Crippen molar-refractivity contribution in [3.8, 4) is 22.1 Å². The second-order valence-corrected chi connectivity index (χ2v) is 6.09. The number of nitrogens with one attached hydrogen (secondary N) is 1. The number of carbonyl (C=O) groups is 1. The molecule has 1 aromatic heterocycles. The Balaban J connectivity index is 1.70. The fraction of sp³-hybridized carbons (Fsp3) is 0.158. The van der Waals surface area contributed by atoms with E-state index in [1.165, 1.54) is 7.11 Å². The Kier molecular flexibility index (Phi) is 5.30. The number of ether oxygens (including phenoxy) is 2. The summed E-state index contributed by atoms with van der Waals surface area (Å²) in [7, 11) is 3.06. The van der Waals surface area contributed by atoms with Gasteiger partial charge in [0.25, 0.3) is 5.91 Å². The highest BCUT2D eigenvalue weighted by Crippen LogP contribution is 2.30. The highest BCUT2D eigenvalue weighted by Gasteiger charge is 2.16. The van der Waals surface area contributed by atoms with Crippen LogP contribution in [-0.2, 0) is 6.54 Å². The molecule has 0 unspecified atom stereocenters. The molecule has 1 heterocycles. The molecule has 1 N–H and O–H groups in total. The Morgan fingerprint density at radius 1 is 1.08 bits per heavy atom. The molecule has 3 aromatic rings. The summed E-state index contributed by atoms with van der Waals surface area (Å²) in [5.41, 5.74) is 2.32. The van der Waals surface area contributed by atoms with E-state index in [1.807, 2.05) is 35.7 Å². The van der Waals surface area contributed by atoms with E-state index in [4.69, 9.17) is 9.47 Å². The molecule has 0 bridgehead atoms. The molecule has 6 heteroatoms. The zero-order chi connectivity index (χ0) is 17.6. The summed E-state index contributed by atoms with van der Waals surface area (Å²) in [6.07, 6.45) is 0. The smallest absolute Gasteiger partial charge is 0.255 e. The first kappa shape index (κ1) is 17.0. The predicted octanol–water partition coefficient (Wildman–Crippen LogP) is 3.76. The fourth-order valence-corrected chi connectivity index (χ4v) is 3.26. The van der Waals surface area contributed by atoms with Gasteiger partial charge in [0.2, 0.25) is 0 Å². The number of amides is 1. The highest BCUT2D eigenvalue weighted by atomic mass is 32.1. The minimum Gasteiger partial charge on any atom is -0.493 e. The summed E-state index contributed by atoms with van der Waals surface area (Å²) in [6.45, 7) is 0.350. The number of aromatic nitrogens is 1. The van der Waals surface area contributed by atoms with Crippen LogP contribution in [0.2, 0.25) is 0 Å². The molecule has 0 atom stereocenters. The molecule has 0 fully saturated rings. The van der Waals surface area contributed by atoms with E-state index in [9.17, 15) is 4.79 Å². The third kappa shape index (κ3) is 3.80. The van der Waals surface area contributed by atoms with Gasteiger partial charge in [0.1, 0.15) is 5.01 Å². The van der Waals surface area contributed by atoms with E-state index in [0.29, 0.717) is 23.6 Å². The molecule has 0 radical (unpaired) electrons. The van der Waals surface area contributed by atoms with Crippen LogP contribution in [0.25, 0.3) is 10.6 Å². The lowest BCUT2D eigenvalue weighted by atomic mass is 10.1. The second-order valence-electron chi connectivity index (χ2n) is 5.23. The Labute approximate surface area is 150 Å². The van der Waals surface area contributed by atoms with E-state index in [1.54, 1.807) is 36.6 Å². The van der Waals surface area contributed by atoms with Crippen LogP contribution in [0.5, 0.6) is 11.5 Å². The van der Waals surface area contributed by atoms with Gasteiger partial charge in [-0.1, -0.05) is 36.4 Å². The minimum absolute atomic E-state index is 0.231. The first-order valence-electron chi connectivity index (χ1n) is 7.72. The first-order valence-corrected chi connectivity index (χ1v) is 8.60. The van der Waals surface area contributed by atoms with Crippen LogP contribution in [0.15, 0.2) is 53.9 Å². The van der Waals surface area contributed by atoms with Crippen LogP contribution in [-0.4, -0.2) is 25.1 Å². The average molecular weight is 354 g/mol. The summed E-state index contributed by atoms with van der Waals surface area (Å²) in [5.74, 6) is 0.714. The summed E-state index contributed by atoms with van der Waals surface area (Å²) in [5, 5.41) is 5.76. The summed E-state index contributed by atoms with van der Waals surface area (Å²) in [6, 6.07) is 15.2. The van der Waals surface area contributed by atoms with Gasteiger partial charge in [0.05, 0.1) is 32.0 Å². The number of hydrogen-bond acceptors (Lipinski definition) is 5. The van der Waals surface area contributed by atoms with E-state index in [-0.39, 0.29) is 5.91 Å². The molecule has 0 spiro atoms. The van der Waals surface area contributed by atoms with Crippen molar-refractivity contribution in [2.45, 2.75) is 6.54 Å². The molecule has 3 rings (SSSR count). The fourth-order valence-electron chi connectivity index (χ4n) is 2.43. The van der Waals surface area contributed by atoms with Crippen molar-refractivity contribution < 1.29 is 14.3 Å². The molecule has 25 heavy (non-hydrogen) atoms. The number of methoxy groups -OCH3 is 2. The van der Waals surface area contributed by atoms with Crippen molar-refractivity contribution >= 4 is 17.2 Å². The van der Waals surface area contributed by atoms with Crippen molar-refractivity contribution in [3.63, 3.8) is 0 Å². The Morgan fingerprint density at radius 2 is 1.88 bits per heavy atom. The summed E-state index contributed by atoms with van der Waals surface area (Å²) >= 11 is 1.56. The quantitative estimate of drug-likeness (QED) is 0.732. The number of para-hydroxylation sites is 1. The molecule has 2 aromatic carbocycles. The highest BCUT2D eigenvalue weighted by molar-refractivity contribution is 7.13. The van der Waals surface area contributed by atoms with Crippen LogP contribution >= 0.6 is 11.3 Å². The van der Waals surface area contributed by atoms with Gasteiger partial charge in [0.15, 0.2) is 11.5 Å². The van der Waals surface area contributed by atoms with Crippen molar-refractivity contribution in [1.82, 2.24) is 10.3 Å². The molecule has 128 valence electrons. The van der Waals surface area contributed by atoms with Gasteiger partial charge in [-0.3, -0.25) is 4.79 Å². The number of thiazole rings is 1. The summed E-state index contributed by atoms with van der Waals surface area (Å²) < 4.78 is 10.5. The maximum absolute atomic E-state index is 12.5. The number of carbonyl (C=O) groups excluding carboxylic acids is 1. The third-order valence-electron chi connectivity index (χ3n) is 3.65. The van der Waals surface area contributed by atoms with Crippen LogP contribution < -0.4 is 14.8 Å². The van der Waals surface area contributed by atoms with E-state index >= 15 is 0 Å². The predicted molar refractivity (Wildman–Crippen MR) is 98.3 cm³/mol. The van der Waals surface area contributed by atoms with Gasteiger partial charge in [0, 0.05) is 10.9 Å². The van der Waals surface area contributed by atoms with Gasteiger partial charge >= 0.3 is 0 Å². The molecular weight excluding hydrogens is 336 g/mol. The normalized spacial score (nSPS) is 10.3. The van der Waals surface area contributed by atoms with E-state index in [2.05, 4.69) is 10.3 Å². The first-order chi connectivity index (χ1) is 12.2. The molecule has 5 nitrogen and oxygen atoms in total. The van der Waals surface area contributed by atoms with Crippen molar-refractivity contribution in [3.05, 3.63) is 65.2 Å². The SMILES string of the molecule is COc1cccc(C(=O)NCc2csc(-c3ccccc3)n2)c1OC.